The summed E-state index contributed by atoms with van der Waals surface area (Å²) >= 11 is 0. The van der Waals surface area contributed by atoms with Gasteiger partial charge in [-0.15, -0.1) is 0 Å². The van der Waals surface area contributed by atoms with E-state index in [1.807, 2.05) is 51.1 Å². The highest BCUT2D eigenvalue weighted by molar-refractivity contribution is 5.94. The molecule has 154 valence electrons. The van der Waals surface area contributed by atoms with Crippen LogP contribution in [0.4, 0.5) is 4.39 Å². The Kier molecular flexibility index (Phi) is 5.03. The highest BCUT2D eigenvalue weighted by Gasteiger charge is 2.31. The van der Waals surface area contributed by atoms with E-state index in [1.165, 1.54) is 12.1 Å². The molecule has 1 aromatic heterocycles. The summed E-state index contributed by atoms with van der Waals surface area (Å²) in [6.45, 7) is 5.77. The van der Waals surface area contributed by atoms with E-state index in [9.17, 15) is 4.39 Å². The Morgan fingerprint density at radius 1 is 1.17 bits per heavy atom. The van der Waals surface area contributed by atoms with E-state index in [2.05, 4.69) is 4.98 Å². The van der Waals surface area contributed by atoms with Crippen LogP contribution in [-0.2, 0) is 5.54 Å². The first-order valence-electron chi connectivity index (χ1n) is 9.93. The molecule has 1 aliphatic rings. The third-order valence-corrected chi connectivity index (χ3v) is 5.24. The zero-order valence-corrected chi connectivity index (χ0v) is 17.3. The highest BCUT2D eigenvalue weighted by atomic mass is 19.1. The third kappa shape index (κ3) is 3.66. The fourth-order valence-corrected chi connectivity index (χ4v) is 3.62. The number of para-hydroxylation sites is 1. The van der Waals surface area contributed by atoms with Crippen molar-refractivity contribution >= 4 is 10.9 Å². The molecule has 0 amide bonds. The van der Waals surface area contributed by atoms with Crippen LogP contribution < -0.4 is 16.2 Å². The van der Waals surface area contributed by atoms with Gasteiger partial charge in [0.15, 0.2) is 5.82 Å². The first-order chi connectivity index (χ1) is 14.3. The molecule has 0 aliphatic heterocycles. The Morgan fingerprint density at radius 2 is 1.97 bits per heavy atom. The van der Waals surface area contributed by atoms with Crippen molar-refractivity contribution in [2.24, 2.45) is 11.5 Å². The van der Waals surface area contributed by atoms with Crippen LogP contribution in [0.25, 0.3) is 22.0 Å². The Labute approximate surface area is 175 Å². The lowest BCUT2D eigenvalue weighted by molar-refractivity contribution is 0.242. The van der Waals surface area contributed by atoms with Gasteiger partial charge in [0.25, 0.3) is 0 Å². The second kappa shape index (κ2) is 7.54. The molecule has 4 rings (SSSR count). The number of halogens is 1. The number of benzene rings is 2. The molecule has 0 fully saturated rings. The lowest BCUT2D eigenvalue weighted by atomic mass is 9.87. The van der Waals surface area contributed by atoms with E-state index in [0.29, 0.717) is 18.0 Å². The van der Waals surface area contributed by atoms with Gasteiger partial charge in [0.05, 0.1) is 11.6 Å². The van der Waals surface area contributed by atoms with Gasteiger partial charge in [-0.1, -0.05) is 30.4 Å². The summed E-state index contributed by atoms with van der Waals surface area (Å²) in [5, 5.41) is 0.860. The number of hydrogen-bond acceptors (Lipinski definition) is 5. The number of hydrogen-bond donors (Lipinski definition) is 2. The number of ether oxygens (including phenoxy) is 1. The molecular formula is C24H25FN4O. The molecule has 2 aromatic carbocycles. The topological polar surface area (TPSA) is 87.1 Å². The molecule has 0 saturated carbocycles. The summed E-state index contributed by atoms with van der Waals surface area (Å²) in [4.78, 5) is 9.36. The van der Waals surface area contributed by atoms with Crippen molar-refractivity contribution in [3.05, 3.63) is 77.7 Å². The fraction of sp³-hybridized carbons (Fsp3) is 0.250. The van der Waals surface area contributed by atoms with Gasteiger partial charge in [-0.05, 0) is 38.5 Å². The molecule has 4 N–H and O–H groups in total. The van der Waals surface area contributed by atoms with Crippen LogP contribution in [0.3, 0.4) is 0 Å². The Balaban J connectivity index is 1.88. The van der Waals surface area contributed by atoms with Crippen LogP contribution in [-0.4, -0.2) is 16.1 Å². The van der Waals surface area contributed by atoms with Gasteiger partial charge in [-0.25, -0.2) is 14.4 Å². The van der Waals surface area contributed by atoms with Gasteiger partial charge in [0.2, 0.25) is 0 Å². The molecule has 30 heavy (non-hydrogen) atoms. The Bertz CT molecular complexity index is 1190. The molecule has 1 heterocycles. The first-order valence-corrected chi connectivity index (χ1v) is 9.93. The Morgan fingerprint density at radius 3 is 2.70 bits per heavy atom. The van der Waals surface area contributed by atoms with Crippen molar-refractivity contribution in [3.8, 4) is 16.9 Å². The van der Waals surface area contributed by atoms with Gasteiger partial charge in [0, 0.05) is 40.9 Å². The minimum absolute atomic E-state index is 0.0941. The summed E-state index contributed by atoms with van der Waals surface area (Å²) in [6.07, 6.45) is 5.92. The number of aromatic nitrogens is 2. The zero-order chi connectivity index (χ0) is 21.5. The van der Waals surface area contributed by atoms with Gasteiger partial charge < -0.3 is 16.2 Å². The second-order valence-corrected chi connectivity index (χ2v) is 8.00. The standard InChI is InChI=1S/C24H25FN4O/c1-14(2)30-21-11-17(25)7-8-18(21)19-6-4-5-16-13-28-23(29-22(16)19)24(27)10-9-15(3)20(26)12-24/h4-11,13-14H,12,26-27H2,1-3H3. The van der Waals surface area contributed by atoms with Crippen molar-refractivity contribution in [2.75, 3.05) is 0 Å². The molecule has 6 heteroatoms. The van der Waals surface area contributed by atoms with E-state index in [4.69, 9.17) is 21.2 Å². The van der Waals surface area contributed by atoms with Crippen LogP contribution in [0.15, 0.2) is 66.0 Å². The smallest absolute Gasteiger partial charge is 0.153 e. The molecule has 0 radical (unpaired) electrons. The van der Waals surface area contributed by atoms with Crippen molar-refractivity contribution in [1.29, 1.82) is 0 Å². The SMILES string of the molecule is CC1=C(N)CC(N)(c2ncc3cccc(-c4ccc(F)cc4OC(C)C)c3n2)C=C1. The van der Waals surface area contributed by atoms with E-state index in [1.54, 1.807) is 12.3 Å². The van der Waals surface area contributed by atoms with Gasteiger partial charge >= 0.3 is 0 Å². The summed E-state index contributed by atoms with van der Waals surface area (Å²) in [5.41, 5.74) is 15.9. The lowest BCUT2D eigenvalue weighted by Gasteiger charge is -2.28. The average molecular weight is 404 g/mol. The van der Waals surface area contributed by atoms with E-state index in [0.717, 1.165) is 33.3 Å². The number of nitrogens with zero attached hydrogens (tertiary/aromatic N) is 2. The molecule has 0 spiro atoms. The van der Waals surface area contributed by atoms with Crippen molar-refractivity contribution in [1.82, 2.24) is 9.97 Å². The molecule has 1 atom stereocenters. The normalized spacial score (nSPS) is 19.0. The summed E-state index contributed by atoms with van der Waals surface area (Å²) < 4.78 is 19.8. The monoisotopic (exact) mass is 404 g/mol. The quantitative estimate of drug-likeness (QED) is 0.665. The largest absolute Gasteiger partial charge is 0.490 e. The molecule has 5 nitrogen and oxygen atoms in total. The summed E-state index contributed by atoms with van der Waals surface area (Å²) in [5.74, 6) is 0.610. The van der Waals surface area contributed by atoms with Crippen molar-refractivity contribution < 1.29 is 9.13 Å². The van der Waals surface area contributed by atoms with Crippen LogP contribution in [0.1, 0.15) is 33.0 Å². The highest BCUT2D eigenvalue weighted by Crippen LogP contribution is 2.36. The second-order valence-electron chi connectivity index (χ2n) is 8.00. The number of fused-ring (bicyclic) bond motifs is 1. The molecule has 0 saturated heterocycles. The van der Waals surface area contributed by atoms with E-state index >= 15 is 0 Å². The van der Waals surface area contributed by atoms with Crippen LogP contribution in [0.5, 0.6) is 5.75 Å². The third-order valence-electron chi connectivity index (χ3n) is 5.24. The Hall–Kier alpha value is -3.25. The maximum atomic E-state index is 13.9. The van der Waals surface area contributed by atoms with Crippen LogP contribution in [0, 0.1) is 5.82 Å². The van der Waals surface area contributed by atoms with Crippen LogP contribution >= 0.6 is 0 Å². The summed E-state index contributed by atoms with van der Waals surface area (Å²) in [7, 11) is 0. The molecule has 0 bridgehead atoms. The first kappa shape index (κ1) is 20.0. The predicted molar refractivity (Wildman–Crippen MR) is 117 cm³/mol. The minimum Gasteiger partial charge on any atom is -0.490 e. The number of nitrogens with two attached hydrogens (primary N) is 2. The van der Waals surface area contributed by atoms with Gasteiger partial charge in [-0.3, -0.25) is 0 Å². The van der Waals surface area contributed by atoms with Crippen molar-refractivity contribution in [3.63, 3.8) is 0 Å². The fourth-order valence-electron chi connectivity index (χ4n) is 3.62. The molecule has 1 aliphatic carbocycles. The average Bonchev–Trinajstić information content (AvgIpc) is 2.70. The lowest BCUT2D eigenvalue weighted by Crippen LogP contribution is -2.39. The zero-order valence-electron chi connectivity index (χ0n) is 17.3. The maximum Gasteiger partial charge on any atom is 0.153 e. The minimum atomic E-state index is -0.884. The van der Waals surface area contributed by atoms with Gasteiger partial charge in [0.1, 0.15) is 17.1 Å². The maximum absolute atomic E-state index is 13.9. The van der Waals surface area contributed by atoms with Crippen molar-refractivity contribution in [2.45, 2.75) is 38.8 Å². The van der Waals surface area contributed by atoms with E-state index < -0.39 is 5.54 Å². The number of rotatable bonds is 4. The van der Waals surface area contributed by atoms with Gasteiger partial charge in [-0.2, -0.15) is 0 Å². The molecule has 1 unspecified atom stereocenters. The summed E-state index contributed by atoms with van der Waals surface area (Å²) in [6, 6.07) is 10.3. The number of allylic oxidation sites excluding steroid dienone is 2. The van der Waals surface area contributed by atoms with E-state index in [-0.39, 0.29) is 11.9 Å². The predicted octanol–water partition coefficient (Wildman–Crippen LogP) is 4.57. The van der Waals surface area contributed by atoms with Crippen LogP contribution in [0.2, 0.25) is 0 Å². The molecule has 3 aromatic rings. The molecular weight excluding hydrogens is 379 g/mol.